The number of ether oxygens (including phenoxy) is 1. The Morgan fingerprint density at radius 2 is 1.81 bits per heavy atom. The first-order valence-corrected chi connectivity index (χ1v) is 11.7. The fourth-order valence-electron chi connectivity index (χ4n) is 5.19. The maximum Gasteiger partial charge on any atom is 0.254 e. The number of nitrogens with zero attached hydrogens (tertiary/aromatic N) is 3. The number of likely N-dealkylation sites (tertiary alicyclic amines) is 1. The van der Waals surface area contributed by atoms with Gasteiger partial charge in [0.05, 0.1) is 29.6 Å². The minimum atomic E-state index is 0.0865. The SMILES string of the molecule is C[C@@H]1CN(CC2CCN(C(=O)c3cc(-c4ccco4)nc4ccccc34)CC2)C[C@@H](C)O1. The summed E-state index contributed by atoms with van der Waals surface area (Å²) in [5.41, 5.74) is 2.22. The largest absolute Gasteiger partial charge is 0.463 e. The highest BCUT2D eigenvalue weighted by molar-refractivity contribution is 6.07. The predicted octanol–water partition coefficient (Wildman–Crippen LogP) is 4.46. The standard InChI is InChI=1S/C26H31N3O3/c1-18-15-28(16-19(2)32-18)17-20-9-11-29(12-10-20)26(30)22-14-24(25-8-5-13-31-25)27-23-7-4-3-6-21(22)23/h3-8,13-14,18-20H,9-12,15-17H2,1-2H3/t18-,19-/m1/s1. The number of aromatic nitrogens is 1. The summed E-state index contributed by atoms with van der Waals surface area (Å²) >= 11 is 0. The molecule has 168 valence electrons. The summed E-state index contributed by atoms with van der Waals surface area (Å²) in [7, 11) is 0. The zero-order valence-electron chi connectivity index (χ0n) is 18.9. The first kappa shape index (κ1) is 21.2. The van der Waals surface area contributed by atoms with Crippen molar-refractivity contribution in [3.63, 3.8) is 0 Å². The fourth-order valence-corrected chi connectivity index (χ4v) is 5.19. The van der Waals surface area contributed by atoms with Crippen LogP contribution in [0.1, 0.15) is 37.0 Å². The monoisotopic (exact) mass is 433 g/mol. The van der Waals surface area contributed by atoms with Crippen LogP contribution in [0.25, 0.3) is 22.4 Å². The molecular weight excluding hydrogens is 402 g/mol. The smallest absolute Gasteiger partial charge is 0.254 e. The summed E-state index contributed by atoms with van der Waals surface area (Å²) in [4.78, 5) is 22.8. The highest BCUT2D eigenvalue weighted by atomic mass is 16.5. The van der Waals surface area contributed by atoms with E-state index in [9.17, 15) is 4.79 Å². The molecule has 2 aliphatic heterocycles. The third-order valence-electron chi connectivity index (χ3n) is 6.63. The molecule has 5 rings (SSSR count). The lowest BCUT2D eigenvalue weighted by atomic mass is 9.94. The van der Waals surface area contributed by atoms with Gasteiger partial charge in [0.2, 0.25) is 0 Å². The van der Waals surface area contributed by atoms with Crippen molar-refractivity contribution in [2.75, 3.05) is 32.7 Å². The normalized spacial score (nSPS) is 23.0. The lowest BCUT2D eigenvalue weighted by Crippen LogP contribution is -2.48. The molecule has 0 N–H and O–H groups in total. The van der Waals surface area contributed by atoms with Crippen LogP contribution in [0, 0.1) is 5.92 Å². The van der Waals surface area contributed by atoms with E-state index in [1.807, 2.05) is 47.4 Å². The number of amides is 1. The Morgan fingerprint density at radius 3 is 2.53 bits per heavy atom. The Bertz CT molecular complexity index is 1060. The summed E-state index contributed by atoms with van der Waals surface area (Å²) in [6.07, 6.45) is 4.31. The molecule has 32 heavy (non-hydrogen) atoms. The molecule has 2 atom stereocenters. The third-order valence-corrected chi connectivity index (χ3v) is 6.63. The molecule has 2 aliphatic rings. The van der Waals surface area contributed by atoms with E-state index in [0.717, 1.165) is 56.5 Å². The van der Waals surface area contributed by atoms with Gasteiger partial charge in [-0.2, -0.15) is 0 Å². The highest BCUT2D eigenvalue weighted by Crippen LogP contribution is 2.28. The number of pyridine rings is 1. The highest BCUT2D eigenvalue weighted by Gasteiger charge is 2.29. The van der Waals surface area contributed by atoms with Gasteiger partial charge in [-0.1, -0.05) is 18.2 Å². The van der Waals surface area contributed by atoms with Gasteiger partial charge in [0, 0.05) is 38.1 Å². The number of carbonyl (C=O) groups excluding carboxylic acids is 1. The van der Waals surface area contributed by atoms with Crippen LogP contribution in [0.2, 0.25) is 0 Å². The quantitative estimate of drug-likeness (QED) is 0.608. The Kier molecular flexibility index (Phi) is 5.98. The molecule has 6 nitrogen and oxygen atoms in total. The molecule has 0 spiro atoms. The van der Waals surface area contributed by atoms with Crippen molar-refractivity contribution in [2.45, 2.75) is 38.9 Å². The van der Waals surface area contributed by atoms with E-state index in [2.05, 4.69) is 18.7 Å². The molecule has 0 saturated carbocycles. The van der Waals surface area contributed by atoms with Gasteiger partial charge in [-0.25, -0.2) is 4.98 Å². The van der Waals surface area contributed by atoms with E-state index in [0.29, 0.717) is 35.1 Å². The lowest BCUT2D eigenvalue weighted by molar-refractivity contribution is -0.0728. The van der Waals surface area contributed by atoms with Crippen molar-refractivity contribution in [3.05, 3.63) is 54.3 Å². The molecule has 2 saturated heterocycles. The molecule has 0 unspecified atom stereocenters. The van der Waals surface area contributed by atoms with Crippen molar-refractivity contribution in [1.82, 2.24) is 14.8 Å². The van der Waals surface area contributed by atoms with Crippen LogP contribution in [0.3, 0.4) is 0 Å². The number of hydrogen-bond acceptors (Lipinski definition) is 5. The van der Waals surface area contributed by atoms with E-state index in [4.69, 9.17) is 14.1 Å². The van der Waals surface area contributed by atoms with Crippen LogP contribution in [0.5, 0.6) is 0 Å². The Morgan fingerprint density at radius 1 is 1.06 bits per heavy atom. The van der Waals surface area contributed by atoms with E-state index in [1.54, 1.807) is 6.26 Å². The molecule has 2 aromatic heterocycles. The van der Waals surface area contributed by atoms with Gasteiger partial charge in [0.25, 0.3) is 5.91 Å². The van der Waals surface area contributed by atoms with Crippen molar-refractivity contribution >= 4 is 16.8 Å². The van der Waals surface area contributed by atoms with Gasteiger partial charge in [-0.3, -0.25) is 9.69 Å². The number of carbonyl (C=O) groups is 1. The fraction of sp³-hybridized carbons (Fsp3) is 0.462. The zero-order chi connectivity index (χ0) is 22.1. The first-order chi connectivity index (χ1) is 15.6. The van der Waals surface area contributed by atoms with Crippen LogP contribution in [0.4, 0.5) is 0 Å². The number of benzene rings is 1. The number of fused-ring (bicyclic) bond motifs is 1. The number of piperidine rings is 1. The number of morpholine rings is 1. The number of furan rings is 1. The number of hydrogen-bond donors (Lipinski definition) is 0. The second-order valence-corrected chi connectivity index (χ2v) is 9.26. The van der Waals surface area contributed by atoms with Gasteiger partial charge in [-0.15, -0.1) is 0 Å². The second kappa shape index (κ2) is 9.04. The van der Waals surface area contributed by atoms with Crippen molar-refractivity contribution in [1.29, 1.82) is 0 Å². The van der Waals surface area contributed by atoms with Gasteiger partial charge in [0.1, 0.15) is 5.69 Å². The molecular formula is C26H31N3O3. The Hall–Kier alpha value is -2.70. The van der Waals surface area contributed by atoms with Crippen LogP contribution in [-0.2, 0) is 4.74 Å². The van der Waals surface area contributed by atoms with Crippen LogP contribution >= 0.6 is 0 Å². The number of para-hydroxylation sites is 1. The van der Waals surface area contributed by atoms with Crippen molar-refractivity contribution in [3.8, 4) is 11.5 Å². The molecule has 2 fully saturated rings. The lowest BCUT2D eigenvalue weighted by Gasteiger charge is -2.39. The number of rotatable bonds is 4. The topological polar surface area (TPSA) is 58.8 Å². The Balaban J connectivity index is 1.30. The van der Waals surface area contributed by atoms with Gasteiger partial charge < -0.3 is 14.1 Å². The van der Waals surface area contributed by atoms with Crippen LogP contribution in [-0.4, -0.2) is 65.6 Å². The summed E-state index contributed by atoms with van der Waals surface area (Å²) in [6, 6.07) is 13.5. The summed E-state index contributed by atoms with van der Waals surface area (Å²) in [5, 5.41) is 0.895. The average Bonchev–Trinajstić information content (AvgIpc) is 3.33. The summed E-state index contributed by atoms with van der Waals surface area (Å²) in [6.45, 7) is 9.00. The molecule has 0 bridgehead atoms. The zero-order valence-corrected chi connectivity index (χ0v) is 18.9. The second-order valence-electron chi connectivity index (χ2n) is 9.26. The van der Waals surface area contributed by atoms with E-state index in [1.165, 1.54) is 0 Å². The van der Waals surface area contributed by atoms with Gasteiger partial charge in [0.15, 0.2) is 5.76 Å². The molecule has 0 aliphatic carbocycles. The molecule has 1 amide bonds. The summed E-state index contributed by atoms with van der Waals surface area (Å²) < 4.78 is 11.4. The van der Waals surface area contributed by atoms with Crippen LogP contribution in [0.15, 0.2) is 53.1 Å². The van der Waals surface area contributed by atoms with Gasteiger partial charge in [-0.05, 0) is 56.9 Å². The minimum absolute atomic E-state index is 0.0865. The van der Waals surface area contributed by atoms with Crippen LogP contribution < -0.4 is 0 Å². The molecule has 1 aromatic carbocycles. The molecule has 4 heterocycles. The van der Waals surface area contributed by atoms with E-state index < -0.39 is 0 Å². The third kappa shape index (κ3) is 4.43. The molecule has 6 heteroatoms. The molecule has 3 aromatic rings. The average molecular weight is 434 g/mol. The Labute approximate surface area is 189 Å². The molecule has 0 radical (unpaired) electrons. The first-order valence-electron chi connectivity index (χ1n) is 11.7. The maximum atomic E-state index is 13.6. The van der Waals surface area contributed by atoms with Crippen molar-refractivity contribution in [2.24, 2.45) is 5.92 Å². The maximum absolute atomic E-state index is 13.6. The van der Waals surface area contributed by atoms with E-state index >= 15 is 0 Å². The predicted molar refractivity (Wildman–Crippen MR) is 125 cm³/mol. The summed E-state index contributed by atoms with van der Waals surface area (Å²) in [5.74, 6) is 1.39. The minimum Gasteiger partial charge on any atom is -0.463 e. The van der Waals surface area contributed by atoms with E-state index in [-0.39, 0.29) is 5.91 Å². The van der Waals surface area contributed by atoms with Crippen molar-refractivity contribution < 1.29 is 13.9 Å². The van der Waals surface area contributed by atoms with Gasteiger partial charge >= 0.3 is 0 Å².